The molecule has 0 radical (unpaired) electrons. The van der Waals surface area contributed by atoms with Gasteiger partial charge >= 0.3 is 5.97 Å². The summed E-state index contributed by atoms with van der Waals surface area (Å²) in [4.78, 5) is 14.6. The smallest absolute Gasteiger partial charge is 0.306 e. The maximum atomic E-state index is 12.3. The molecule has 1 aliphatic heterocycles. The van der Waals surface area contributed by atoms with Crippen molar-refractivity contribution in [1.29, 1.82) is 0 Å². The second-order valence-corrected chi connectivity index (χ2v) is 6.56. The third kappa shape index (κ3) is 3.22. The molecule has 1 saturated heterocycles. The van der Waals surface area contributed by atoms with Gasteiger partial charge in [-0.05, 0) is 18.2 Å². The van der Waals surface area contributed by atoms with E-state index in [1.165, 1.54) is 5.56 Å². The van der Waals surface area contributed by atoms with Gasteiger partial charge in [-0.1, -0.05) is 67.6 Å². The van der Waals surface area contributed by atoms with Crippen molar-refractivity contribution in [2.75, 3.05) is 20.1 Å². The molecular formula is C21H25NO2. The highest BCUT2D eigenvalue weighted by Crippen LogP contribution is 2.46. The van der Waals surface area contributed by atoms with E-state index >= 15 is 0 Å². The van der Waals surface area contributed by atoms with Crippen molar-refractivity contribution in [3.8, 4) is 0 Å². The van der Waals surface area contributed by atoms with Crippen LogP contribution >= 0.6 is 0 Å². The molecule has 2 aromatic carbocycles. The number of carbonyl (C=O) groups excluding carboxylic acids is 1. The fourth-order valence-corrected chi connectivity index (χ4v) is 3.66. The summed E-state index contributed by atoms with van der Waals surface area (Å²) >= 11 is 0. The number of hydrogen-bond donors (Lipinski definition) is 0. The van der Waals surface area contributed by atoms with E-state index in [4.69, 9.17) is 4.74 Å². The SMILES string of the molecule is CCC(=O)O[C@]1(c2ccccc2)CCN(C)C[C@@H]1c1ccccc1. The minimum Gasteiger partial charge on any atom is -0.453 e. The first kappa shape index (κ1) is 16.7. The van der Waals surface area contributed by atoms with Crippen LogP contribution in [0.4, 0.5) is 0 Å². The molecule has 0 aromatic heterocycles. The average Bonchev–Trinajstić information content (AvgIpc) is 2.64. The molecular weight excluding hydrogens is 298 g/mol. The summed E-state index contributed by atoms with van der Waals surface area (Å²) in [6.45, 7) is 3.64. The summed E-state index contributed by atoms with van der Waals surface area (Å²) in [5.41, 5.74) is 1.72. The molecule has 0 saturated carbocycles. The van der Waals surface area contributed by atoms with E-state index in [9.17, 15) is 4.79 Å². The molecule has 0 bridgehead atoms. The van der Waals surface area contributed by atoms with Gasteiger partial charge in [0.2, 0.25) is 0 Å². The molecule has 3 rings (SSSR count). The lowest BCUT2D eigenvalue weighted by molar-refractivity contribution is -0.169. The van der Waals surface area contributed by atoms with Gasteiger partial charge in [-0.2, -0.15) is 0 Å². The third-order valence-electron chi connectivity index (χ3n) is 4.97. The van der Waals surface area contributed by atoms with Crippen LogP contribution in [0.25, 0.3) is 0 Å². The minimum atomic E-state index is -0.595. The molecule has 0 unspecified atom stereocenters. The minimum absolute atomic E-state index is 0.121. The highest BCUT2D eigenvalue weighted by Gasteiger charge is 2.47. The Morgan fingerprint density at radius 1 is 1.12 bits per heavy atom. The number of carbonyl (C=O) groups is 1. The zero-order valence-electron chi connectivity index (χ0n) is 14.4. The van der Waals surface area contributed by atoms with Crippen molar-refractivity contribution in [2.45, 2.75) is 31.3 Å². The van der Waals surface area contributed by atoms with Gasteiger partial charge in [0.15, 0.2) is 0 Å². The molecule has 126 valence electrons. The molecule has 1 heterocycles. The van der Waals surface area contributed by atoms with Crippen LogP contribution in [0.2, 0.25) is 0 Å². The summed E-state index contributed by atoms with van der Waals surface area (Å²) < 4.78 is 6.16. The highest BCUT2D eigenvalue weighted by molar-refractivity contribution is 5.70. The number of rotatable bonds is 4. The van der Waals surface area contributed by atoms with Gasteiger partial charge in [0.05, 0.1) is 0 Å². The van der Waals surface area contributed by atoms with Crippen molar-refractivity contribution in [3.63, 3.8) is 0 Å². The first-order valence-corrected chi connectivity index (χ1v) is 8.66. The topological polar surface area (TPSA) is 29.5 Å². The lowest BCUT2D eigenvalue weighted by Gasteiger charge is -2.47. The first-order chi connectivity index (χ1) is 11.7. The Kier molecular flexibility index (Phi) is 5.00. The van der Waals surface area contributed by atoms with Crippen LogP contribution in [0.1, 0.15) is 36.8 Å². The molecule has 1 aliphatic rings. The van der Waals surface area contributed by atoms with E-state index in [1.807, 2.05) is 31.2 Å². The quantitative estimate of drug-likeness (QED) is 0.798. The number of likely N-dealkylation sites (N-methyl/N-ethyl adjacent to an activating group) is 1. The van der Waals surface area contributed by atoms with E-state index in [2.05, 4.69) is 48.3 Å². The maximum Gasteiger partial charge on any atom is 0.306 e. The summed E-state index contributed by atoms with van der Waals surface area (Å²) in [6.07, 6.45) is 1.20. The van der Waals surface area contributed by atoms with Crippen molar-refractivity contribution >= 4 is 5.97 Å². The Bertz CT molecular complexity index is 671. The fourth-order valence-electron chi connectivity index (χ4n) is 3.66. The predicted molar refractivity (Wildman–Crippen MR) is 95.8 cm³/mol. The molecule has 1 fully saturated rings. The monoisotopic (exact) mass is 323 g/mol. The van der Waals surface area contributed by atoms with E-state index < -0.39 is 5.60 Å². The van der Waals surface area contributed by atoms with Gasteiger partial charge in [0, 0.05) is 31.8 Å². The van der Waals surface area contributed by atoms with Crippen LogP contribution in [-0.2, 0) is 15.1 Å². The normalized spacial score (nSPS) is 24.5. The Morgan fingerprint density at radius 3 is 2.38 bits per heavy atom. The van der Waals surface area contributed by atoms with E-state index in [-0.39, 0.29) is 11.9 Å². The standard InChI is InChI=1S/C21H25NO2/c1-3-20(23)24-21(18-12-8-5-9-13-18)14-15-22(2)16-19(21)17-10-6-4-7-11-17/h4-13,19H,3,14-16H2,1-2H3/t19-,21+/m1/s1. The zero-order valence-corrected chi connectivity index (χ0v) is 14.4. The molecule has 2 atom stereocenters. The second-order valence-electron chi connectivity index (χ2n) is 6.56. The maximum absolute atomic E-state index is 12.3. The summed E-state index contributed by atoms with van der Waals surface area (Å²) in [6, 6.07) is 20.7. The van der Waals surface area contributed by atoms with Crippen molar-refractivity contribution < 1.29 is 9.53 Å². The molecule has 2 aromatic rings. The molecule has 0 N–H and O–H groups in total. The number of likely N-dealkylation sites (tertiary alicyclic amines) is 1. The number of hydrogen-bond acceptors (Lipinski definition) is 3. The van der Waals surface area contributed by atoms with Gasteiger partial charge in [-0.15, -0.1) is 0 Å². The molecule has 3 nitrogen and oxygen atoms in total. The van der Waals surface area contributed by atoms with Gasteiger partial charge < -0.3 is 9.64 Å². The number of benzene rings is 2. The van der Waals surface area contributed by atoms with E-state index in [1.54, 1.807) is 0 Å². The van der Waals surface area contributed by atoms with Crippen molar-refractivity contribution in [1.82, 2.24) is 4.90 Å². The van der Waals surface area contributed by atoms with Gasteiger partial charge in [-0.25, -0.2) is 0 Å². The lowest BCUT2D eigenvalue weighted by Crippen LogP contribution is -2.49. The molecule has 0 aliphatic carbocycles. The average molecular weight is 323 g/mol. The van der Waals surface area contributed by atoms with Crippen molar-refractivity contribution in [3.05, 3.63) is 71.8 Å². The third-order valence-corrected chi connectivity index (χ3v) is 4.97. The number of piperidine rings is 1. The largest absolute Gasteiger partial charge is 0.453 e. The lowest BCUT2D eigenvalue weighted by atomic mass is 9.72. The first-order valence-electron chi connectivity index (χ1n) is 8.66. The second kappa shape index (κ2) is 7.18. The number of esters is 1. The summed E-state index contributed by atoms with van der Waals surface area (Å²) in [7, 11) is 2.13. The van der Waals surface area contributed by atoms with Crippen LogP contribution in [0.3, 0.4) is 0 Å². The number of ether oxygens (including phenoxy) is 1. The van der Waals surface area contributed by atoms with Crippen molar-refractivity contribution in [2.24, 2.45) is 0 Å². The molecule has 0 amide bonds. The molecule has 0 spiro atoms. The Hall–Kier alpha value is -2.13. The van der Waals surface area contributed by atoms with Gasteiger partial charge in [-0.3, -0.25) is 4.79 Å². The van der Waals surface area contributed by atoms with Crippen LogP contribution in [-0.4, -0.2) is 31.0 Å². The van der Waals surface area contributed by atoms with Gasteiger partial charge in [0.25, 0.3) is 0 Å². The Balaban J connectivity index is 2.11. The summed E-state index contributed by atoms with van der Waals surface area (Å²) in [5.74, 6) is -0.0142. The van der Waals surface area contributed by atoms with Crippen LogP contribution < -0.4 is 0 Å². The number of nitrogens with zero attached hydrogens (tertiary/aromatic N) is 1. The Morgan fingerprint density at radius 2 is 1.75 bits per heavy atom. The Labute approximate surface area is 144 Å². The van der Waals surface area contributed by atoms with E-state index in [0.29, 0.717) is 6.42 Å². The summed E-state index contributed by atoms with van der Waals surface area (Å²) in [5, 5.41) is 0. The van der Waals surface area contributed by atoms with Gasteiger partial charge in [0.1, 0.15) is 5.60 Å². The zero-order chi connectivity index (χ0) is 17.0. The molecule has 3 heteroatoms. The van der Waals surface area contributed by atoms with Crippen LogP contribution in [0, 0.1) is 0 Å². The molecule has 24 heavy (non-hydrogen) atoms. The highest BCUT2D eigenvalue weighted by atomic mass is 16.6. The van der Waals surface area contributed by atoms with E-state index in [0.717, 1.165) is 25.1 Å². The fraction of sp³-hybridized carbons (Fsp3) is 0.381. The van der Waals surface area contributed by atoms with Crippen LogP contribution in [0.5, 0.6) is 0 Å². The predicted octanol–water partition coefficient (Wildman–Crippen LogP) is 3.95. The van der Waals surface area contributed by atoms with Crippen LogP contribution in [0.15, 0.2) is 60.7 Å².